The second-order valence-electron chi connectivity index (χ2n) is 7.29. The molecule has 0 saturated carbocycles. The first-order valence-corrected chi connectivity index (χ1v) is 10.1. The summed E-state index contributed by atoms with van der Waals surface area (Å²) in [6.45, 7) is 2.71. The molecule has 0 aliphatic rings. The van der Waals surface area contributed by atoms with Gasteiger partial charge >= 0.3 is 0 Å². The fourth-order valence-corrected chi connectivity index (χ4v) is 3.38. The number of rotatable bonds is 6. The Bertz CT molecular complexity index is 1280. The van der Waals surface area contributed by atoms with E-state index in [4.69, 9.17) is 4.74 Å². The first kappa shape index (κ1) is 20.3. The van der Waals surface area contributed by atoms with E-state index in [2.05, 4.69) is 5.10 Å². The van der Waals surface area contributed by atoms with E-state index in [1.165, 1.54) is 4.68 Å². The van der Waals surface area contributed by atoms with E-state index in [0.717, 1.165) is 11.3 Å². The number of carbonyl (C=O) groups is 1. The number of benzene rings is 3. The summed E-state index contributed by atoms with van der Waals surface area (Å²) in [5.41, 5.74) is 1.62. The minimum absolute atomic E-state index is 0.234. The zero-order valence-corrected chi connectivity index (χ0v) is 17.5. The lowest BCUT2D eigenvalue weighted by Crippen LogP contribution is -2.34. The molecule has 0 aliphatic carbocycles. The van der Waals surface area contributed by atoms with Crippen molar-refractivity contribution in [1.29, 1.82) is 0 Å². The van der Waals surface area contributed by atoms with Crippen molar-refractivity contribution in [3.8, 4) is 11.4 Å². The maximum Gasteiger partial charge on any atom is 0.279 e. The third-order valence-corrected chi connectivity index (χ3v) is 5.13. The summed E-state index contributed by atoms with van der Waals surface area (Å²) in [6.07, 6.45) is 0. The third-order valence-electron chi connectivity index (χ3n) is 5.13. The molecule has 0 unspecified atom stereocenters. The molecule has 31 heavy (non-hydrogen) atoms. The van der Waals surface area contributed by atoms with Crippen molar-refractivity contribution in [3.63, 3.8) is 0 Å². The first-order valence-electron chi connectivity index (χ1n) is 10.1. The molecule has 4 aromatic rings. The van der Waals surface area contributed by atoms with Crippen LogP contribution in [0.15, 0.2) is 83.7 Å². The summed E-state index contributed by atoms with van der Waals surface area (Å²) in [7, 11) is 1.71. The lowest BCUT2D eigenvalue weighted by molar-refractivity contribution is 0.0768. The number of para-hydroxylation sites is 2. The molecule has 4 rings (SSSR count). The Morgan fingerprint density at radius 1 is 0.935 bits per heavy atom. The molecular weight excluding hydrogens is 390 g/mol. The highest BCUT2D eigenvalue weighted by atomic mass is 16.5. The highest BCUT2D eigenvalue weighted by molar-refractivity contribution is 6.04. The predicted molar refractivity (Wildman–Crippen MR) is 121 cm³/mol. The van der Waals surface area contributed by atoms with Gasteiger partial charge < -0.3 is 9.64 Å². The summed E-state index contributed by atoms with van der Waals surface area (Å²) in [5, 5.41) is 5.44. The van der Waals surface area contributed by atoms with Crippen LogP contribution in [0.1, 0.15) is 16.1 Å². The number of ether oxygens (including phenoxy) is 1. The number of fused-ring (bicyclic) bond motifs is 1. The van der Waals surface area contributed by atoms with Crippen LogP contribution in [0.4, 0.5) is 0 Å². The van der Waals surface area contributed by atoms with E-state index in [-0.39, 0.29) is 17.2 Å². The largest absolute Gasteiger partial charge is 0.491 e. The van der Waals surface area contributed by atoms with E-state index in [0.29, 0.717) is 29.6 Å². The molecule has 0 radical (unpaired) electrons. The Hall–Kier alpha value is -3.93. The molecule has 1 amide bonds. The van der Waals surface area contributed by atoms with Crippen LogP contribution < -0.4 is 10.3 Å². The lowest BCUT2D eigenvalue weighted by Gasteiger charge is -2.19. The summed E-state index contributed by atoms with van der Waals surface area (Å²) >= 11 is 0. The molecule has 156 valence electrons. The van der Waals surface area contributed by atoms with E-state index in [9.17, 15) is 9.59 Å². The van der Waals surface area contributed by atoms with Gasteiger partial charge in [-0.05, 0) is 36.8 Å². The average molecular weight is 413 g/mol. The molecule has 0 aliphatic heterocycles. The normalized spacial score (nSPS) is 10.8. The molecule has 0 spiro atoms. The Balaban J connectivity index is 1.63. The highest BCUT2D eigenvalue weighted by Gasteiger charge is 2.20. The van der Waals surface area contributed by atoms with Gasteiger partial charge in [-0.3, -0.25) is 9.59 Å². The number of carbonyl (C=O) groups excluding carboxylic acids is 1. The Labute approximate surface area is 180 Å². The van der Waals surface area contributed by atoms with Crippen LogP contribution in [-0.2, 0) is 0 Å². The molecule has 6 nitrogen and oxygen atoms in total. The van der Waals surface area contributed by atoms with Crippen LogP contribution in [0, 0.1) is 6.92 Å². The third kappa shape index (κ3) is 4.19. The summed E-state index contributed by atoms with van der Waals surface area (Å²) in [4.78, 5) is 27.8. The monoisotopic (exact) mass is 413 g/mol. The quantitative estimate of drug-likeness (QED) is 0.482. The van der Waals surface area contributed by atoms with Crippen molar-refractivity contribution in [2.75, 3.05) is 20.2 Å². The predicted octanol–water partition coefficient (Wildman–Crippen LogP) is 3.85. The van der Waals surface area contributed by atoms with Crippen molar-refractivity contribution in [2.24, 2.45) is 0 Å². The zero-order chi connectivity index (χ0) is 21.8. The number of hydrogen-bond donors (Lipinski definition) is 0. The highest BCUT2D eigenvalue weighted by Crippen LogP contribution is 2.18. The molecule has 0 atom stereocenters. The molecule has 6 heteroatoms. The minimum Gasteiger partial charge on any atom is -0.491 e. The Morgan fingerprint density at radius 3 is 2.32 bits per heavy atom. The van der Waals surface area contributed by atoms with Gasteiger partial charge in [0.15, 0.2) is 5.69 Å². The molecule has 0 N–H and O–H groups in total. The SMILES string of the molecule is Cc1ccccc1OCCN(C)C(=O)c1nn(-c2ccccc2)c(=O)c2ccccc12. The smallest absolute Gasteiger partial charge is 0.279 e. The van der Waals surface area contributed by atoms with Crippen molar-refractivity contribution in [3.05, 3.63) is 100 Å². The maximum atomic E-state index is 13.3. The number of amides is 1. The van der Waals surface area contributed by atoms with Crippen molar-refractivity contribution < 1.29 is 9.53 Å². The summed E-state index contributed by atoms with van der Waals surface area (Å²) in [6, 6.07) is 23.9. The van der Waals surface area contributed by atoms with E-state index < -0.39 is 0 Å². The summed E-state index contributed by atoms with van der Waals surface area (Å²) in [5.74, 6) is 0.527. The van der Waals surface area contributed by atoms with Crippen LogP contribution >= 0.6 is 0 Å². The van der Waals surface area contributed by atoms with E-state index >= 15 is 0 Å². The number of aromatic nitrogens is 2. The molecule has 0 bridgehead atoms. The standard InChI is InChI=1S/C25H23N3O3/c1-18-10-6-9-15-22(18)31-17-16-27(2)25(30)23-20-13-7-8-14-21(20)24(29)28(26-23)19-11-4-3-5-12-19/h3-15H,16-17H2,1-2H3. The van der Waals surface area contributed by atoms with Gasteiger partial charge in [0, 0.05) is 12.4 Å². The fourth-order valence-electron chi connectivity index (χ4n) is 3.38. The number of likely N-dealkylation sites (N-methyl/N-ethyl adjacent to an activating group) is 1. The maximum absolute atomic E-state index is 13.3. The van der Waals surface area contributed by atoms with Crippen molar-refractivity contribution in [2.45, 2.75) is 6.92 Å². The zero-order valence-electron chi connectivity index (χ0n) is 17.5. The Kier molecular flexibility index (Phi) is 5.80. The molecule has 0 fully saturated rings. The number of hydrogen-bond acceptors (Lipinski definition) is 4. The Morgan fingerprint density at radius 2 is 1.58 bits per heavy atom. The van der Waals surface area contributed by atoms with Gasteiger partial charge in [0.2, 0.25) is 0 Å². The van der Waals surface area contributed by atoms with Gasteiger partial charge in [0.25, 0.3) is 11.5 Å². The molecule has 3 aromatic carbocycles. The van der Waals surface area contributed by atoms with Crippen LogP contribution in [0.25, 0.3) is 16.5 Å². The lowest BCUT2D eigenvalue weighted by atomic mass is 10.1. The molecule has 0 saturated heterocycles. The van der Waals surface area contributed by atoms with Gasteiger partial charge in [-0.1, -0.05) is 54.6 Å². The first-order chi connectivity index (χ1) is 15.1. The van der Waals surface area contributed by atoms with Gasteiger partial charge in [0.05, 0.1) is 17.6 Å². The molecular formula is C25H23N3O3. The van der Waals surface area contributed by atoms with E-state index in [1.54, 1.807) is 48.3 Å². The van der Waals surface area contributed by atoms with Crippen LogP contribution in [0.3, 0.4) is 0 Å². The van der Waals surface area contributed by atoms with Gasteiger partial charge in [-0.15, -0.1) is 0 Å². The van der Waals surface area contributed by atoms with Crippen LogP contribution in [0.5, 0.6) is 5.75 Å². The number of nitrogens with zero attached hydrogens (tertiary/aromatic N) is 3. The second-order valence-corrected chi connectivity index (χ2v) is 7.29. The van der Waals surface area contributed by atoms with E-state index in [1.807, 2.05) is 49.4 Å². The van der Waals surface area contributed by atoms with Gasteiger partial charge in [-0.2, -0.15) is 9.78 Å². The van der Waals surface area contributed by atoms with Crippen LogP contribution in [0.2, 0.25) is 0 Å². The molecule has 1 heterocycles. The number of aryl methyl sites for hydroxylation is 1. The van der Waals surface area contributed by atoms with Gasteiger partial charge in [0.1, 0.15) is 12.4 Å². The second kappa shape index (κ2) is 8.83. The molecule has 1 aromatic heterocycles. The van der Waals surface area contributed by atoms with Crippen molar-refractivity contribution >= 4 is 16.7 Å². The average Bonchev–Trinajstić information content (AvgIpc) is 2.81. The van der Waals surface area contributed by atoms with Gasteiger partial charge in [-0.25, -0.2) is 0 Å². The topological polar surface area (TPSA) is 64.4 Å². The van der Waals surface area contributed by atoms with Crippen molar-refractivity contribution in [1.82, 2.24) is 14.7 Å². The minimum atomic E-state index is -0.269. The summed E-state index contributed by atoms with van der Waals surface area (Å²) < 4.78 is 7.11. The fraction of sp³-hybridized carbons (Fsp3) is 0.160. The van der Waals surface area contributed by atoms with Crippen LogP contribution in [-0.4, -0.2) is 40.8 Å².